The number of hydrogen-bond acceptors (Lipinski definition) is 3. The third kappa shape index (κ3) is 2.08. The first-order chi connectivity index (χ1) is 6.66. The molecule has 74 valence electrons. The minimum absolute atomic E-state index is 0.0243. The molecule has 0 aromatic carbocycles. The van der Waals surface area contributed by atoms with E-state index >= 15 is 0 Å². The molecular formula is C10H10BrNS2. The van der Waals surface area contributed by atoms with E-state index in [4.69, 9.17) is 5.73 Å². The van der Waals surface area contributed by atoms with Gasteiger partial charge in [0.15, 0.2) is 0 Å². The molecule has 4 heteroatoms. The zero-order chi connectivity index (χ0) is 10.1. The van der Waals surface area contributed by atoms with E-state index in [-0.39, 0.29) is 6.04 Å². The molecule has 0 fully saturated rings. The van der Waals surface area contributed by atoms with E-state index in [1.54, 1.807) is 22.7 Å². The van der Waals surface area contributed by atoms with Crippen LogP contribution in [0, 0.1) is 6.92 Å². The largest absolute Gasteiger partial charge is 0.320 e. The lowest BCUT2D eigenvalue weighted by Gasteiger charge is -2.06. The predicted molar refractivity (Wildman–Crippen MR) is 67.1 cm³/mol. The first kappa shape index (κ1) is 10.4. The molecule has 0 saturated carbocycles. The highest BCUT2D eigenvalue weighted by Crippen LogP contribution is 2.31. The van der Waals surface area contributed by atoms with E-state index < -0.39 is 0 Å². The standard InChI is InChI=1S/C10H10BrNS2/c1-6-4-7(5-13-6)10(12)8-2-3-9(11)14-8/h2-5,10H,12H2,1H3. The van der Waals surface area contributed by atoms with Gasteiger partial charge in [0.1, 0.15) is 0 Å². The third-order valence-corrected chi connectivity index (χ3v) is 4.60. The average Bonchev–Trinajstić information content (AvgIpc) is 2.73. The van der Waals surface area contributed by atoms with Gasteiger partial charge in [0.25, 0.3) is 0 Å². The number of hydrogen-bond donors (Lipinski definition) is 1. The second-order valence-electron chi connectivity index (χ2n) is 3.11. The summed E-state index contributed by atoms with van der Waals surface area (Å²) in [4.78, 5) is 2.51. The van der Waals surface area contributed by atoms with Crippen LogP contribution in [0.5, 0.6) is 0 Å². The molecule has 0 aliphatic carbocycles. The van der Waals surface area contributed by atoms with Crippen molar-refractivity contribution in [2.24, 2.45) is 5.73 Å². The zero-order valence-corrected chi connectivity index (χ0v) is 10.9. The first-order valence-corrected chi connectivity index (χ1v) is 6.71. The van der Waals surface area contributed by atoms with Gasteiger partial charge in [-0.2, -0.15) is 0 Å². The van der Waals surface area contributed by atoms with E-state index in [1.165, 1.54) is 15.3 Å². The van der Waals surface area contributed by atoms with Gasteiger partial charge in [-0.15, -0.1) is 22.7 Å². The fraction of sp³-hybridized carbons (Fsp3) is 0.200. The van der Waals surface area contributed by atoms with E-state index in [0.29, 0.717) is 0 Å². The van der Waals surface area contributed by atoms with Crippen molar-refractivity contribution >= 4 is 38.6 Å². The van der Waals surface area contributed by atoms with Crippen molar-refractivity contribution in [2.75, 3.05) is 0 Å². The summed E-state index contributed by atoms with van der Waals surface area (Å²) in [5.74, 6) is 0. The van der Waals surface area contributed by atoms with Crippen molar-refractivity contribution in [3.8, 4) is 0 Å². The van der Waals surface area contributed by atoms with Gasteiger partial charge in [0, 0.05) is 9.75 Å². The van der Waals surface area contributed by atoms with Gasteiger partial charge in [0.2, 0.25) is 0 Å². The Balaban J connectivity index is 2.28. The number of thiophene rings is 2. The molecule has 0 saturated heterocycles. The maximum atomic E-state index is 6.14. The number of nitrogens with two attached hydrogens (primary N) is 1. The van der Waals surface area contributed by atoms with Gasteiger partial charge in [-0.25, -0.2) is 0 Å². The second-order valence-corrected chi connectivity index (χ2v) is 6.72. The van der Waals surface area contributed by atoms with Crippen molar-refractivity contribution in [2.45, 2.75) is 13.0 Å². The molecular weight excluding hydrogens is 278 g/mol. The van der Waals surface area contributed by atoms with Crippen molar-refractivity contribution in [3.63, 3.8) is 0 Å². The van der Waals surface area contributed by atoms with Gasteiger partial charge in [-0.1, -0.05) is 0 Å². The zero-order valence-electron chi connectivity index (χ0n) is 7.66. The summed E-state index contributed by atoms with van der Waals surface area (Å²) >= 11 is 6.89. The lowest BCUT2D eigenvalue weighted by Crippen LogP contribution is -2.08. The minimum Gasteiger partial charge on any atom is -0.320 e. The highest BCUT2D eigenvalue weighted by Gasteiger charge is 2.11. The summed E-state index contributed by atoms with van der Waals surface area (Å²) in [5.41, 5.74) is 7.35. The Morgan fingerprint density at radius 1 is 1.43 bits per heavy atom. The molecule has 2 aromatic heterocycles. The summed E-state index contributed by atoms with van der Waals surface area (Å²) in [6, 6.07) is 6.30. The molecule has 2 heterocycles. The highest BCUT2D eigenvalue weighted by atomic mass is 79.9. The van der Waals surface area contributed by atoms with Gasteiger partial charge < -0.3 is 5.73 Å². The Kier molecular flexibility index (Phi) is 3.07. The predicted octanol–water partition coefficient (Wildman–Crippen LogP) is 3.93. The fourth-order valence-corrected chi connectivity index (χ4v) is 3.48. The van der Waals surface area contributed by atoms with Crippen LogP contribution in [0.2, 0.25) is 0 Å². The highest BCUT2D eigenvalue weighted by molar-refractivity contribution is 9.11. The Morgan fingerprint density at radius 2 is 2.21 bits per heavy atom. The van der Waals surface area contributed by atoms with Crippen LogP contribution in [0.25, 0.3) is 0 Å². The van der Waals surface area contributed by atoms with Crippen molar-refractivity contribution in [1.82, 2.24) is 0 Å². The van der Waals surface area contributed by atoms with E-state index in [0.717, 1.165) is 3.79 Å². The molecule has 2 N–H and O–H groups in total. The summed E-state index contributed by atoms with van der Waals surface area (Å²) in [6.07, 6.45) is 0. The van der Waals surface area contributed by atoms with Crippen LogP contribution in [0.4, 0.5) is 0 Å². The molecule has 0 aliphatic rings. The molecule has 0 bridgehead atoms. The maximum Gasteiger partial charge on any atom is 0.0702 e. The fourth-order valence-electron chi connectivity index (χ4n) is 1.29. The molecule has 2 rings (SSSR count). The van der Waals surface area contributed by atoms with E-state index in [2.05, 4.69) is 40.4 Å². The SMILES string of the molecule is Cc1cc(C(N)c2ccc(Br)s2)cs1. The molecule has 2 aromatic rings. The summed E-state index contributed by atoms with van der Waals surface area (Å²) in [7, 11) is 0. The summed E-state index contributed by atoms with van der Waals surface area (Å²) in [6.45, 7) is 2.10. The normalized spacial score (nSPS) is 13.1. The van der Waals surface area contributed by atoms with Crippen LogP contribution < -0.4 is 5.73 Å². The summed E-state index contributed by atoms with van der Waals surface area (Å²) in [5, 5.41) is 2.13. The lowest BCUT2D eigenvalue weighted by molar-refractivity contribution is 0.899. The van der Waals surface area contributed by atoms with Crippen molar-refractivity contribution < 1.29 is 0 Å². The molecule has 14 heavy (non-hydrogen) atoms. The molecule has 0 amide bonds. The van der Waals surface area contributed by atoms with Crippen LogP contribution >= 0.6 is 38.6 Å². The molecule has 0 aliphatic heterocycles. The van der Waals surface area contributed by atoms with E-state index in [9.17, 15) is 0 Å². The van der Waals surface area contributed by atoms with Crippen LogP contribution in [0.15, 0.2) is 27.4 Å². The van der Waals surface area contributed by atoms with Crippen molar-refractivity contribution in [3.05, 3.63) is 42.7 Å². The van der Waals surface area contributed by atoms with Gasteiger partial charge in [-0.05, 0) is 52.0 Å². The van der Waals surface area contributed by atoms with Gasteiger partial charge in [0.05, 0.1) is 9.83 Å². The second kappa shape index (κ2) is 4.14. The summed E-state index contributed by atoms with van der Waals surface area (Å²) < 4.78 is 1.13. The Labute approximate surface area is 99.7 Å². The number of halogens is 1. The van der Waals surface area contributed by atoms with Gasteiger partial charge in [-0.3, -0.25) is 0 Å². The minimum atomic E-state index is 0.0243. The molecule has 1 nitrogen and oxygen atoms in total. The lowest BCUT2D eigenvalue weighted by atomic mass is 10.1. The molecule has 0 spiro atoms. The number of rotatable bonds is 2. The Hall–Kier alpha value is -0.160. The van der Waals surface area contributed by atoms with Crippen LogP contribution in [0.3, 0.4) is 0 Å². The first-order valence-electron chi connectivity index (χ1n) is 4.22. The molecule has 0 radical (unpaired) electrons. The maximum absolute atomic E-state index is 6.14. The van der Waals surface area contributed by atoms with Crippen LogP contribution in [-0.2, 0) is 0 Å². The third-order valence-electron chi connectivity index (χ3n) is 2.01. The smallest absolute Gasteiger partial charge is 0.0702 e. The van der Waals surface area contributed by atoms with Crippen molar-refractivity contribution in [1.29, 1.82) is 0 Å². The van der Waals surface area contributed by atoms with Crippen LogP contribution in [-0.4, -0.2) is 0 Å². The molecule has 1 atom stereocenters. The van der Waals surface area contributed by atoms with Gasteiger partial charge >= 0.3 is 0 Å². The monoisotopic (exact) mass is 287 g/mol. The Bertz CT molecular complexity index is 393. The topological polar surface area (TPSA) is 26.0 Å². The quantitative estimate of drug-likeness (QED) is 0.890. The Morgan fingerprint density at radius 3 is 2.71 bits per heavy atom. The number of aryl methyl sites for hydroxylation is 1. The van der Waals surface area contributed by atoms with E-state index in [1.807, 2.05) is 6.07 Å². The molecule has 1 unspecified atom stereocenters. The van der Waals surface area contributed by atoms with Crippen LogP contribution in [0.1, 0.15) is 21.4 Å². The average molecular weight is 288 g/mol.